The molecule has 0 unspecified atom stereocenters. The highest BCUT2D eigenvalue weighted by Gasteiger charge is 2.10. The molecule has 0 amide bonds. The number of nitrogens with one attached hydrogen (secondary N) is 1. The lowest BCUT2D eigenvalue weighted by Gasteiger charge is -2.12. The minimum Gasteiger partial charge on any atom is -0.486 e. The standard InChI is InChI=1S/C23H27N7O2/c1-15(2)24-8-10-31-18-11-16(3)23(25-13-18)32-17-5-6-20-19(12-17)22(27-14-26-20)28-21-7-9-30(4)29-21/h5-7,9,11-15,24H,8,10H2,1-4H3,(H,26,27,28,29)/p+1. The van der Waals surface area contributed by atoms with Crippen LogP contribution in [0, 0.1) is 6.92 Å². The molecule has 9 nitrogen and oxygen atoms in total. The van der Waals surface area contributed by atoms with E-state index >= 15 is 0 Å². The molecule has 0 aliphatic carbocycles. The summed E-state index contributed by atoms with van der Waals surface area (Å²) in [6.07, 6.45) is 5.08. The molecule has 0 saturated heterocycles. The zero-order chi connectivity index (χ0) is 22.5. The largest absolute Gasteiger partial charge is 0.486 e. The van der Waals surface area contributed by atoms with E-state index in [9.17, 15) is 0 Å². The number of nitrogens with two attached hydrogens (primary N) is 1. The molecule has 3 aromatic heterocycles. The molecule has 0 bridgehead atoms. The predicted molar refractivity (Wildman–Crippen MR) is 123 cm³/mol. The number of aryl methyl sites for hydroxylation is 2. The van der Waals surface area contributed by atoms with E-state index in [0.29, 0.717) is 35.9 Å². The minimum atomic E-state index is 0.529. The summed E-state index contributed by atoms with van der Waals surface area (Å²) in [6.45, 7) is 7.82. The topological polar surface area (TPSA) is 104 Å². The Hall–Kier alpha value is -3.72. The molecule has 3 N–H and O–H groups in total. The molecular weight excluding hydrogens is 406 g/mol. The number of hydrogen-bond donors (Lipinski definition) is 2. The summed E-state index contributed by atoms with van der Waals surface area (Å²) in [5.74, 6) is 3.28. The lowest BCUT2D eigenvalue weighted by atomic mass is 10.2. The van der Waals surface area contributed by atoms with Crippen LogP contribution in [0.2, 0.25) is 0 Å². The van der Waals surface area contributed by atoms with Crippen molar-refractivity contribution in [1.82, 2.24) is 24.7 Å². The van der Waals surface area contributed by atoms with Gasteiger partial charge in [0, 0.05) is 30.3 Å². The Kier molecular flexibility index (Phi) is 6.46. The molecule has 0 saturated carbocycles. The fourth-order valence-corrected chi connectivity index (χ4v) is 3.21. The maximum absolute atomic E-state index is 6.06. The molecule has 0 aliphatic rings. The van der Waals surface area contributed by atoms with Crippen molar-refractivity contribution in [3.63, 3.8) is 0 Å². The lowest BCUT2D eigenvalue weighted by molar-refractivity contribution is -0.683. The number of hydrogen-bond acceptors (Lipinski definition) is 7. The van der Waals surface area contributed by atoms with Gasteiger partial charge in [0.1, 0.15) is 36.8 Å². The van der Waals surface area contributed by atoms with Gasteiger partial charge in [-0.05, 0) is 45.0 Å². The van der Waals surface area contributed by atoms with Crippen LogP contribution in [-0.4, -0.2) is 43.9 Å². The molecule has 0 fully saturated rings. The zero-order valence-electron chi connectivity index (χ0n) is 18.7. The van der Waals surface area contributed by atoms with Gasteiger partial charge in [-0.1, -0.05) is 0 Å². The van der Waals surface area contributed by atoms with Crippen molar-refractivity contribution in [3.05, 3.63) is 54.6 Å². The van der Waals surface area contributed by atoms with Gasteiger partial charge in [0.15, 0.2) is 5.82 Å². The molecule has 3 heterocycles. The van der Waals surface area contributed by atoms with Gasteiger partial charge in [0.05, 0.1) is 17.8 Å². The average molecular weight is 435 g/mol. The highest BCUT2D eigenvalue weighted by molar-refractivity contribution is 5.91. The first-order chi connectivity index (χ1) is 15.5. The van der Waals surface area contributed by atoms with Crippen molar-refractivity contribution >= 4 is 22.5 Å². The van der Waals surface area contributed by atoms with Gasteiger partial charge in [-0.15, -0.1) is 0 Å². The summed E-state index contributed by atoms with van der Waals surface area (Å²) in [4.78, 5) is 13.2. The number of aromatic nitrogens is 5. The second kappa shape index (κ2) is 9.61. The van der Waals surface area contributed by atoms with Crippen LogP contribution in [0.25, 0.3) is 10.9 Å². The zero-order valence-corrected chi connectivity index (χ0v) is 18.7. The second-order valence-electron chi connectivity index (χ2n) is 7.91. The number of pyridine rings is 1. The first kappa shape index (κ1) is 21.5. The quantitative estimate of drug-likeness (QED) is 0.390. The van der Waals surface area contributed by atoms with Crippen molar-refractivity contribution in [1.29, 1.82) is 0 Å². The molecule has 0 aliphatic heterocycles. The van der Waals surface area contributed by atoms with Crippen molar-refractivity contribution in [2.75, 3.05) is 18.5 Å². The van der Waals surface area contributed by atoms with Crippen LogP contribution in [0.5, 0.6) is 17.4 Å². The van der Waals surface area contributed by atoms with Crippen LogP contribution < -0.4 is 20.1 Å². The highest BCUT2D eigenvalue weighted by atomic mass is 16.5. The number of anilines is 2. The maximum atomic E-state index is 6.06. The Morgan fingerprint density at radius 2 is 1.97 bits per heavy atom. The van der Waals surface area contributed by atoms with Gasteiger partial charge in [-0.3, -0.25) is 4.68 Å². The minimum absolute atomic E-state index is 0.529. The second-order valence-corrected chi connectivity index (χ2v) is 7.91. The molecule has 166 valence electrons. The molecule has 0 spiro atoms. The molecule has 1 aromatic carbocycles. The van der Waals surface area contributed by atoms with E-state index in [1.54, 1.807) is 10.9 Å². The summed E-state index contributed by atoms with van der Waals surface area (Å²) in [6, 6.07) is 10.0. The summed E-state index contributed by atoms with van der Waals surface area (Å²) >= 11 is 0. The molecule has 0 atom stereocenters. The monoisotopic (exact) mass is 434 g/mol. The molecule has 4 rings (SSSR count). The van der Waals surface area contributed by atoms with Crippen LogP contribution >= 0.6 is 0 Å². The number of quaternary nitrogens is 1. The van der Waals surface area contributed by atoms with Gasteiger partial charge in [-0.25, -0.2) is 15.0 Å². The number of ether oxygens (including phenoxy) is 2. The van der Waals surface area contributed by atoms with Crippen LogP contribution in [0.3, 0.4) is 0 Å². The van der Waals surface area contributed by atoms with Crippen LogP contribution in [0.1, 0.15) is 19.4 Å². The van der Waals surface area contributed by atoms with E-state index in [2.05, 4.69) is 44.5 Å². The Labute approximate surface area is 186 Å². The Balaban J connectivity index is 1.49. The van der Waals surface area contributed by atoms with Crippen LogP contribution in [0.4, 0.5) is 11.6 Å². The smallest absolute Gasteiger partial charge is 0.222 e. The van der Waals surface area contributed by atoms with Crippen molar-refractivity contribution in [2.45, 2.75) is 26.8 Å². The molecule has 9 heteroatoms. The van der Waals surface area contributed by atoms with Gasteiger partial charge < -0.3 is 20.1 Å². The van der Waals surface area contributed by atoms with E-state index in [4.69, 9.17) is 9.47 Å². The third-order valence-electron chi connectivity index (χ3n) is 4.81. The lowest BCUT2D eigenvalue weighted by Crippen LogP contribution is -2.89. The number of nitrogens with zero attached hydrogens (tertiary/aromatic N) is 5. The molecule has 4 aromatic rings. The Morgan fingerprint density at radius 1 is 1.09 bits per heavy atom. The van der Waals surface area contributed by atoms with Crippen LogP contribution in [-0.2, 0) is 7.05 Å². The number of fused-ring (bicyclic) bond motifs is 1. The van der Waals surface area contributed by atoms with E-state index in [0.717, 1.165) is 28.8 Å². The van der Waals surface area contributed by atoms with Crippen LogP contribution in [0.15, 0.2) is 49.1 Å². The van der Waals surface area contributed by atoms with E-state index in [1.807, 2.05) is 50.5 Å². The molecule has 0 radical (unpaired) electrons. The fourth-order valence-electron chi connectivity index (χ4n) is 3.21. The van der Waals surface area contributed by atoms with Gasteiger partial charge in [0.25, 0.3) is 0 Å². The normalized spacial score (nSPS) is 11.2. The summed E-state index contributed by atoms with van der Waals surface area (Å²) in [5.41, 5.74) is 1.70. The average Bonchev–Trinajstić information content (AvgIpc) is 3.18. The van der Waals surface area contributed by atoms with E-state index < -0.39 is 0 Å². The summed E-state index contributed by atoms with van der Waals surface area (Å²) in [5, 5.41) is 10.6. The van der Waals surface area contributed by atoms with Crippen molar-refractivity contribution in [3.8, 4) is 17.4 Å². The first-order valence-corrected chi connectivity index (χ1v) is 10.6. The van der Waals surface area contributed by atoms with E-state index in [1.165, 1.54) is 6.33 Å². The third kappa shape index (κ3) is 5.30. The number of benzene rings is 1. The van der Waals surface area contributed by atoms with Crippen molar-refractivity contribution < 1.29 is 14.8 Å². The highest BCUT2D eigenvalue weighted by Crippen LogP contribution is 2.30. The summed E-state index contributed by atoms with van der Waals surface area (Å²) < 4.78 is 13.6. The molecule has 32 heavy (non-hydrogen) atoms. The maximum Gasteiger partial charge on any atom is 0.222 e. The first-order valence-electron chi connectivity index (χ1n) is 10.6. The number of rotatable bonds is 9. The Bertz CT molecular complexity index is 1210. The van der Waals surface area contributed by atoms with Gasteiger partial charge in [0.2, 0.25) is 5.88 Å². The van der Waals surface area contributed by atoms with E-state index in [-0.39, 0.29) is 0 Å². The third-order valence-corrected chi connectivity index (χ3v) is 4.81. The van der Waals surface area contributed by atoms with Gasteiger partial charge >= 0.3 is 0 Å². The van der Waals surface area contributed by atoms with Gasteiger partial charge in [-0.2, -0.15) is 5.10 Å². The predicted octanol–water partition coefficient (Wildman–Crippen LogP) is 2.95. The fraction of sp³-hybridized carbons (Fsp3) is 0.304. The van der Waals surface area contributed by atoms with Crippen molar-refractivity contribution in [2.24, 2.45) is 7.05 Å². The Morgan fingerprint density at radius 3 is 2.72 bits per heavy atom. The molecular formula is C23H28N7O2+. The summed E-state index contributed by atoms with van der Waals surface area (Å²) in [7, 11) is 1.87. The SMILES string of the molecule is Cc1cc(OCC[NH2+]C(C)C)cnc1Oc1ccc2ncnc(Nc3ccn(C)n3)c2c1.